The molecule has 1 aromatic heterocycles. The number of aryl methyl sites for hydroxylation is 1. The molecule has 6 heteroatoms. The van der Waals surface area contributed by atoms with Crippen molar-refractivity contribution < 1.29 is 9.59 Å². The molecule has 0 saturated carbocycles. The Labute approximate surface area is 136 Å². The van der Waals surface area contributed by atoms with Gasteiger partial charge in [-0.1, -0.05) is 30.7 Å². The fraction of sp³-hybridized carbons (Fsp3) is 0.200. The van der Waals surface area contributed by atoms with Gasteiger partial charge in [0.1, 0.15) is 10.9 Å². The maximum absolute atomic E-state index is 12.6. The Bertz CT molecular complexity index is 682. The Kier molecular flexibility index (Phi) is 5.39. The first kappa shape index (κ1) is 16.0. The number of anilines is 1. The summed E-state index contributed by atoms with van der Waals surface area (Å²) in [5.74, 6) is -0.699. The molecule has 0 unspecified atom stereocenters. The van der Waals surface area contributed by atoms with E-state index in [0.29, 0.717) is 21.2 Å². The quantitative estimate of drug-likeness (QED) is 0.648. The van der Waals surface area contributed by atoms with Crippen molar-refractivity contribution in [1.82, 2.24) is 0 Å². The molecule has 0 fully saturated rings. The van der Waals surface area contributed by atoms with Crippen LogP contribution in [0.5, 0.6) is 0 Å². The maximum Gasteiger partial charge on any atom is 0.239 e. The van der Waals surface area contributed by atoms with Crippen LogP contribution in [-0.4, -0.2) is 17.6 Å². The van der Waals surface area contributed by atoms with Crippen molar-refractivity contribution in [1.29, 1.82) is 0 Å². The fourth-order valence-electron chi connectivity index (χ4n) is 1.83. The minimum Gasteiger partial charge on any atom is -0.316 e. The minimum atomic E-state index is -0.339. The number of amides is 1. The van der Waals surface area contributed by atoms with Gasteiger partial charge < -0.3 is 5.32 Å². The van der Waals surface area contributed by atoms with E-state index >= 15 is 0 Å². The summed E-state index contributed by atoms with van der Waals surface area (Å²) in [6.07, 6.45) is 0.782. The SMILES string of the molecule is CCc1cc(C(=O)c2ccccc2Cl)c(NC(=O)CCl)s1. The Morgan fingerprint density at radius 2 is 1.95 bits per heavy atom. The van der Waals surface area contributed by atoms with Gasteiger partial charge in [-0.15, -0.1) is 22.9 Å². The normalized spacial score (nSPS) is 10.4. The highest BCUT2D eigenvalue weighted by atomic mass is 35.5. The molecule has 0 aliphatic rings. The van der Waals surface area contributed by atoms with E-state index in [2.05, 4.69) is 5.32 Å². The molecule has 0 atom stereocenters. The summed E-state index contributed by atoms with van der Waals surface area (Å²) in [4.78, 5) is 25.1. The lowest BCUT2D eigenvalue weighted by Gasteiger charge is -2.05. The molecular formula is C15H13Cl2NO2S. The molecule has 2 rings (SSSR count). The molecular weight excluding hydrogens is 329 g/mol. The molecule has 21 heavy (non-hydrogen) atoms. The number of rotatable bonds is 5. The number of thiophene rings is 1. The van der Waals surface area contributed by atoms with Gasteiger partial charge in [0.05, 0.1) is 10.6 Å². The van der Waals surface area contributed by atoms with E-state index in [1.54, 1.807) is 30.3 Å². The van der Waals surface area contributed by atoms with Gasteiger partial charge in [0.2, 0.25) is 5.91 Å². The minimum absolute atomic E-state index is 0.154. The number of alkyl halides is 1. The molecule has 2 aromatic rings. The van der Waals surface area contributed by atoms with Crippen molar-refractivity contribution in [2.24, 2.45) is 0 Å². The third-order valence-corrected chi connectivity index (χ3v) is 4.64. The van der Waals surface area contributed by atoms with Crippen LogP contribution in [0.3, 0.4) is 0 Å². The van der Waals surface area contributed by atoms with Crippen LogP contribution in [0.2, 0.25) is 5.02 Å². The summed E-state index contributed by atoms with van der Waals surface area (Å²) in [6, 6.07) is 8.64. The van der Waals surface area contributed by atoms with E-state index in [1.165, 1.54) is 11.3 Å². The zero-order valence-electron chi connectivity index (χ0n) is 11.3. The van der Waals surface area contributed by atoms with Crippen LogP contribution < -0.4 is 5.32 Å². The van der Waals surface area contributed by atoms with Gasteiger partial charge in [0.25, 0.3) is 0 Å². The summed E-state index contributed by atoms with van der Waals surface area (Å²) in [7, 11) is 0. The lowest BCUT2D eigenvalue weighted by molar-refractivity contribution is -0.113. The van der Waals surface area contributed by atoms with Crippen molar-refractivity contribution in [3.63, 3.8) is 0 Å². The smallest absolute Gasteiger partial charge is 0.239 e. The molecule has 1 amide bonds. The molecule has 0 aliphatic carbocycles. The van der Waals surface area contributed by atoms with E-state index in [-0.39, 0.29) is 17.6 Å². The van der Waals surface area contributed by atoms with Crippen molar-refractivity contribution in [2.75, 3.05) is 11.2 Å². The van der Waals surface area contributed by atoms with E-state index in [1.807, 2.05) is 6.92 Å². The predicted octanol–water partition coefficient (Wildman–Crippen LogP) is 4.37. The Morgan fingerprint density at radius 1 is 1.24 bits per heavy atom. The van der Waals surface area contributed by atoms with E-state index < -0.39 is 0 Å². The Morgan fingerprint density at radius 3 is 2.57 bits per heavy atom. The van der Waals surface area contributed by atoms with Crippen molar-refractivity contribution in [3.8, 4) is 0 Å². The largest absolute Gasteiger partial charge is 0.316 e. The summed E-state index contributed by atoms with van der Waals surface area (Å²) in [6.45, 7) is 1.99. The second-order valence-corrected chi connectivity index (χ2v) is 6.11. The number of nitrogens with one attached hydrogen (secondary N) is 1. The van der Waals surface area contributed by atoms with Gasteiger partial charge in [0.15, 0.2) is 5.78 Å². The van der Waals surface area contributed by atoms with Crippen molar-refractivity contribution >= 4 is 51.2 Å². The average Bonchev–Trinajstić information content (AvgIpc) is 2.90. The number of hydrogen-bond donors (Lipinski definition) is 1. The highest BCUT2D eigenvalue weighted by Crippen LogP contribution is 2.32. The van der Waals surface area contributed by atoms with Gasteiger partial charge in [-0.2, -0.15) is 0 Å². The topological polar surface area (TPSA) is 46.2 Å². The molecule has 0 radical (unpaired) electrons. The summed E-state index contributed by atoms with van der Waals surface area (Å²) < 4.78 is 0. The number of hydrogen-bond acceptors (Lipinski definition) is 3. The molecule has 1 aromatic carbocycles. The number of carbonyl (C=O) groups is 2. The number of benzene rings is 1. The molecule has 110 valence electrons. The van der Waals surface area contributed by atoms with E-state index in [0.717, 1.165) is 11.3 Å². The highest BCUT2D eigenvalue weighted by molar-refractivity contribution is 7.16. The molecule has 1 heterocycles. The molecule has 1 N–H and O–H groups in total. The summed E-state index contributed by atoms with van der Waals surface area (Å²) in [5, 5.41) is 3.58. The van der Waals surface area contributed by atoms with Gasteiger partial charge in [-0.05, 0) is 24.6 Å². The van der Waals surface area contributed by atoms with Crippen LogP contribution in [0.15, 0.2) is 30.3 Å². The lowest BCUT2D eigenvalue weighted by atomic mass is 10.0. The second kappa shape index (κ2) is 7.07. The molecule has 0 aliphatic heterocycles. The third-order valence-electron chi connectivity index (χ3n) is 2.87. The maximum atomic E-state index is 12.6. The molecule has 0 saturated heterocycles. The number of carbonyl (C=O) groups excluding carboxylic acids is 2. The monoisotopic (exact) mass is 341 g/mol. The molecule has 0 spiro atoms. The van der Waals surface area contributed by atoms with Crippen LogP contribution >= 0.6 is 34.5 Å². The molecule has 3 nitrogen and oxygen atoms in total. The first-order valence-corrected chi connectivity index (χ1v) is 8.07. The van der Waals surface area contributed by atoms with Gasteiger partial charge in [-0.25, -0.2) is 0 Å². The Hall–Kier alpha value is -1.36. The predicted molar refractivity (Wildman–Crippen MR) is 87.9 cm³/mol. The van der Waals surface area contributed by atoms with Crippen LogP contribution in [-0.2, 0) is 11.2 Å². The van der Waals surface area contributed by atoms with Crippen LogP contribution in [0.25, 0.3) is 0 Å². The Balaban J connectivity index is 2.42. The first-order chi connectivity index (χ1) is 10.1. The van der Waals surface area contributed by atoms with Crippen molar-refractivity contribution in [2.45, 2.75) is 13.3 Å². The fourth-order valence-corrected chi connectivity index (χ4v) is 3.13. The highest BCUT2D eigenvalue weighted by Gasteiger charge is 2.20. The third kappa shape index (κ3) is 3.64. The van der Waals surface area contributed by atoms with E-state index in [9.17, 15) is 9.59 Å². The number of ketones is 1. The number of halogens is 2. The van der Waals surface area contributed by atoms with Gasteiger partial charge in [-0.3, -0.25) is 9.59 Å². The van der Waals surface area contributed by atoms with Crippen molar-refractivity contribution in [3.05, 3.63) is 51.4 Å². The zero-order chi connectivity index (χ0) is 15.4. The van der Waals surface area contributed by atoms with E-state index in [4.69, 9.17) is 23.2 Å². The van der Waals surface area contributed by atoms with Crippen LogP contribution in [0.4, 0.5) is 5.00 Å². The lowest BCUT2D eigenvalue weighted by Crippen LogP contribution is -2.14. The van der Waals surface area contributed by atoms with Gasteiger partial charge >= 0.3 is 0 Å². The summed E-state index contributed by atoms with van der Waals surface area (Å²) >= 11 is 12.9. The second-order valence-electron chi connectivity index (χ2n) is 4.30. The van der Waals surface area contributed by atoms with Crippen LogP contribution in [0.1, 0.15) is 27.7 Å². The zero-order valence-corrected chi connectivity index (χ0v) is 13.6. The van der Waals surface area contributed by atoms with Gasteiger partial charge in [0, 0.05) is 10.4 Å². The first-order valence-electron chi connectivity index (χ1n) is 6.34. The summed E-state index contributed by atoms with van der Waals surface area (Å²) in [5.41, 5.74) is 0.865. The average molecular weight is 342 g/mol. The standard InChI is InChI=1S/C15H13Cl2NO2S/c1-2-9-7-11(15(21-9)18-13(19)8-16)14(20)10-5-3-4-6-12(10)17/h3-7H,2,8H2,1H3,(H,18,19). The van der Waals surface area contributed by atoms with Crippen LogP contribution in [0, 0.1) is 0 Å². The molecule has 0 bridgehead atoms.